The highest BCUT2D eigenvalue weighted by atomic mass is 32.2. The van der Waals surface area contributed by atoms with Crippen molar-refractivity contribution in [3.05, 3.63) is 35.9 Å². The first-order chi connectivity index (χ1) is 11.7. The third-order valence-corrected chi connectivity index (χ3v) is 5.78. The van der Waals surface area contributed by atoms with Gasteiger partial charge in [0.2, 0.25) is 11.8 Å². The molecule has 5 nitrogen and oxygen atoms in total. The summed E-state index contributed by atoms with van der Waals surface area (Å²) in [6, 6.07) is 10.1. The van der Waals surface area contributed by atoms with E-state index >= 15 is 0 Å². The second kappa shape index (κ2) is 8.03. The summed E-state index contributed by atoms with van der Waals surface area (Å²) in [6.07, 6.45) is 3.94. The lowest BCUT2D eigenvalue weighted by atomic mass is 10.0. The molecule has 0 radical (unpaired) electrons. The van der Waals surface area contributed by atoms with Gasteiger partial charge in [-0.1, -0.05) is 30.3 Å². The summed E-state index contributed by atoms with van der Waals surface area (Å²) in [6.45, 7) is 3.46. The minimum Gasteiger partial charge on any atom is -0.339 e. The molecule has 2 saturated heterocycles. The van der Waals surface area contributed by atoms with E-state index < -0.39 is 0 Å². The van der Waals surface area contributed by atoms with Gasteiger partial charge in [0.05, 0.1) is 6.54 Å². The molecular weight excluding hydrogens is 322 g/mol. The standard InChI is InChI=1S/C18H25N3O2S/c1-24-17(14-6-3-2-4-7-14)18(23)20-10-5-8-15(13-20)21-11-9-19-12-16(21)22/h2-4,6-7,15,17,19H,5,8-13H2,1H3. The Balaban J connectivity index is 1.69. The molecular formula is C18H25N3O2S. The highest BCUT2D eigenvalue weighted by Crippen LogP contribution is 2.30. The van der Waals surface area contributed by atoms with Crippen molar-refractivity contribution in [3.8, 4) is 0 Å². The quantitative estimate of drug-likeness (QED) is 0.897. The molecule has 2 aliphatic rings. The Morgan fingerprint density at radius 1 is 1.29 bits per heavy atom. The van der Waals surface area contributed by atoms with Crippen LogP contribution in [-0.2, 0) is 9.59 Å². The molecule has 2 aliphatic heterocycles. The number of carbonyl (C=O) groups is 2. The van der Waals surface area contributed by atoms with Gasteiger partial charge in [0.25, 0.3) is 0 Å². The van der Waals surface area contributed by atoms with E-state index in [9.17, 15) is 9.59 Å². The smallest absolute Gasteiger partial charge is 0.240 e. The third kappa shape index (κ3) is 3.75. The number of piperazine rings is 1. The van der Waals surface area contributed by atoms with E-state index in [1.165, 1.54) is 0 Å². The van der Waals surface area contributed by atoms with Crippen LogP contribution in [0.2, 0.25) is 0 Å². The molecule has 0 bridgehead atoms. The van der Waals surface area contributed by atoms with Crippen molar-refractivity contribution >= 4 is 23.6 Å². The molecule has 1 aromatic carbocycles. The molecule has 0 spiro atoms. The molecule has 0 saturated carbocycles. The number of piperidine rings is 1. The van der Waals surface area contributed by atoms with Crippen molar-refractivity contribution in [2.75, 3.05) is 39.0 Å². The second-order valence-electron chi connectivity index (χ2n) is 6.37. The Kier molecular flexibility index (Phi) is 5.79. The normalized spacial score (nSPS) is 23.2. The van der Waals surface area contributed by atoms with Gasteiger partial charge in [0, 0.05) is 32.2 Å². The van der Waals surface area contributed by atoms with Crippen molar-refractivity contribution in [2.45, 2.75) is 24.1 Å². The molecule has 1 N–H and O–H groups in total. The molecule has 0 aliphatic carbocycles. The van der Waals surface area contributed by atoms with Gasteiger partial charge in [-0.25, -0.2) is 0 Å². The van der Waals surface area contributed by atoms with Gasteiger partial charge in [-0.05, 0) is 24.7 Å². The number of thioether (sulfide) groups is 1. The summed E-state index contributed by atoms with van der Waals surface area (Å²) in [5, 5.41) is 2.95. The molecule has 2 heterocycles. The average molecular weight is 347 g/mol. The number of nitrogens with one attached hydrogen (secondary N) is 1. The van der Waals surface area contributed by atoms with E-state index in [4.69, 9.17) is 0 Å². The number of carbonyl (C=O) groups excluding carboxylic acids is 2. The van der Waals surface area contributed by atoms with Gasteiger partial charge in [0.15, 0.2) is 0 Å². The van der Waals surface area contributed by atoms with Gasteiger partial charge in [0.1, 0.15) is 5.25 Å². The van der Waals surface area contributed by atoms with E-state index in [2.05, 4.69) is 5.32 Å². The lowest BCUT2D eigenvalue weighted by Gasteiger charge is -2.41. The Bertz CT molecular complexity index is 581. The largest absolute Gasteiger partial charge is 0.339 e. The Hall–Kier alpha value is -1.53. The number of hydrogen-bond acceptors (Lipinski definition) is 4. The van der Waals surface area contributed by atoms with E-state index in [1.54, 1.807) is 11.8 Å². The van der Waals surface area contributed by atoms with Crippen molar-refractivity contribution in [2.24, 2.45) is 0 Å². The van der Waals surface area contributed by atoms with E-state index in [1.807, 2.05) is 46.4 Å². The zero-order chi connectivity index (χ0) is 16.9. The second-order valence-corrected chi connectivity index (χ2v) is 7.31. The highest BCUT2D eigenvalue weighted by molar-refractivity contribution is 7.99. The van der Waals surface area contributed by atoms with Gasteiger partial charge >= 0.3 is 0 Å². The Morgan fingerprint density at radius 3 is 2.79 bits per heavy atom. The van der Waals surface area contributed by atoms with Gasteiger partial charge in [-0.3, -0.25) is 9.59 Å². The first kappa shape index (κ1) is 17.3. The van der Waals surface area contributed by atoms with Crippen LogP contribution in [0.3, 0.4) is 0 Å². The lowest BCUT2D eigenvalue weighted by molar-refractivity contribution is -0.140. The molecule has 1 aromatic rings. The average Bonchev–Trinajstić information content (AvgIpc) is 2.64. The van der Waals surface area contributed by atoms with Crippen LogP contribution in [0.25, 0.3) is 0 Å². The number of benzene rings is 1. The maximum atomic E-state index is 13.0. The minimum atomic E-state index is -0.163. The van der Waals surface area contributed by atoms with Crippen LogP contribution in [0, 0.1) is 0 Å². The van der Waals surface area contributed by atoms with Crippen LogP contribution in [-0.4, -0.2) is 66.6 Å². The fraction of sp³-hybridized carbons (Fsp3) is 0.556. The predicted octanol–water partition coefficient (Wildman–Crippen LogP) is 1.51. The molecule has 3 rings (SSSR count). The van der Waals surface area contributed by atoms with E-state index in [-0.39, 0.29) is 23.1 Å². The predicted molar refractivity (Wildman–Crippen MR) is 96.9 cm³/mol. The number of nitrogens with zero attached hydrogens (tertiary/aromatic N) is 2. The van der Waals surface area contributed by atoms with Crippen LogP contribution in [0.15, 0.2) is 30.3 Å². The molecule has 2 atom stereocenters. The summed E-state index contributed by atoms with van der Waals surface area (Å²) in [4.78, 5) is 29.1. The van der Waals surface area contributed by atoms with Crippen LogP contribution in [0.1, 0.15) is 23.7 Å². The maximum Gasteiger partial charge on any atom is 0.240 e. The molecule has 2 fully saturated rings. The minimum absolute atomic E-state index is 0.157. The van der Waals surface area contributed by atoms with E-state index in [0.717, 1.165) is 38.0 Å². The monoisotopic (exact) mass is 347 g/mol. The number of hydrogen-bond donors (Lipinski definition) is 1. The van der Waals surface area contributed by atoms with Crippen LogP contribution in [0.5, 0.6) is 0 Å². The molecule has 2 unspecified atom stereocenters. The molecule has 0 aromatic heterocycles. The van der Waals surface area contributed by atoms with Gasteiger partial charge < -0.3 is 15.1 Å². The Morgan fingerprint density at radius 2 is 2.08 bits per heavy atom. The van der Waals surface area contributed by atoms with Gasteiger partial charge in [-0.15, -0.1) is 11.8 Å². The SMILES string of the molecule is CSC(C(=O)N1CCCC(N2CCNCC2=O)C1)c1ccccc1. The van der Waals surface area contributed by atoms with Crippen molar-refractivity contribution in [3.63, 3.8) is 0 Å². The van der Waals surface area contributed by atoms with Crippen molar-refractivity contribution < 1.29 is 9.59 Å². The molecule has 130 valence electrons. The Labute approximate surface area is 147 Å². The zero-order valence-corrected chi connectivity index (χ0v) is 14.9. The van der Waals surface area contributed by atoms with Crippen molar-refractivity contribution in [1.82, 2.24) is 15.1 Å². The first-order valence-corrected chi connectivity index (χ1v) is 9.86. The molecule has 2 amide bonds. The summed E-state index contributed by atoms with van der Waals surface area (Å²) in [5.74, 6) is 0.325. The van der Waals surface area contributed by atoms with E-state index in [0.29, 0.717) is 13.1 Å². The first-order valence-electron chi connectivity index (χ1n) is 8.57. The summed E-state index contributed by atoms with van der Waals surface area (Å²) in [7, 11) is 0. The zero-order valence-electron chi connectivity index (χ0n) is 14.1. The van der Waals surface area contributed by atoms with Crippen LogP contribution in [0.4, 0.5) is 0 Å². The summed E-state index contributed by atoms with van der Waals surface area (Å²) in [5.41, 5.74) is 1.05. The number of likely N-dealkylation sites (tertiary alicyclic amines) is 1. The lowest BCUT2D eigenvalue weighted by Crippen LogP contribution is -2.57. The van der Waals surface area contributed by atoms with Crippen LogP contribution >= 0.6 is 11.8 Å². The third-order valence-electron chi connectivity index (χ3n) is 4.84. The molecule has 6 heteroatoms. The van der Waals surface area contributed by atoms with Crippen molar-refractivity contribution in [1.29, 1.82) is 0 Å². The molecule has 24 heavy (non-hydrogen) atoms. The maximum absolute atomic E-state index is 13.0. The topological polar surface area (TPSA) is 52.7 Å². The number of amides is 2. The highest BCUT2D eigenvalue weighted by Gasteiger charge is 2.34. The van der Waals surface area contributed by atoms with Crippen LogP contribution < -0.4 is 5.32 Å². The summed E-state index contributed by atoms with van der Waals surface area (Å²) < 4.78 is 0. The fourth-order valence-electron chi connectivity index (χ4n) is 3.59. The summed E-state index contributed by atoms with van der Waals surface area (Å²) >= 11 is 1.58. The van der Waals surface area contributed by atoms with Gasteiger partial charge in [-0.2, -0.15) is 0 Å². The number of rotatable bonds is 4. The fourth-order valence-corrected chi connectivity index (χ4v) is 4.37.